The fraction of sp³-hybridized carbons (Fsp3) is 0.800. The van der Waals surface area contributed by atoms with Crippen LogP contribution in [0.1, 0.15) is 26.2 Å². The van der Waals surface area contributed by atoms with Crippen LogP contribution in [0.5, 0.6) is 0 Å². The van der Waals surface area contributed by atoms with Crippen LogP contribution in [0.4, 0.5) is 0 Å². The molecule has 0 aromatic carbocycles. The molecule has 1 heterocycles. The molecule has 1 aliphatic rings. The average Bonchev–Trinajstić information content (AvgIpc) is 2.18. The highest BCUT2D eigenvalue weighted by Crippen LogP contribution is 2.17. The molecule has 0 aromatic heterocycles. The smallest absolute Gasteiger partial charge is 0.323 e. The lowest BCUT2D eigenvalue weighted by molar-refractivity contribution is -0.152. The van der Waals surface area contributed by atoms with Crippen molar-refractivity contribution < 1.29 is 19.4 Å². The molecule has 0 radical (unpaired) electrons. The average molecular weight is 215 g/mol. The molecule has 86 valence electrons. The third-order valence-electron chi connectivity index (χ3n) is 2.51. The Labute approximate surface area is 89.0 Å². The van der Waals surface area contributed by atoms with Crippen molar-refractivity contribution in [1.29, 1.82) is 0 Å². The molecule has 0 spiro atoms. The van der Waals surface area contributed by atoms with E-state index in [9.17, 15) is 9.59 Å². The van der Waals surface area contributed by atoms with Crippen LogP contribution in [0.25, 0.3) is 0 Å². The van der Waals surface area contributed by atoms with Gasteiger partial charge in [-0.05, 0) is 26.3 Å². The summed E-state index contributed by atoms with van der Waals surface area (Å²) in [6.07, 6.45) is 2.61. The van der Waals surface area contributed by atoms with E-state index in [4.69, 9.17) is 9.84 Å². The summed E-state index contributed by atoms with van der Waals surface area (Å²) in [4.78, 5) is 23.8. The molecule has 1 N–H and O–H groups in total. The largest absolute Gasteiger partial charge is 0.480 e. The van der Waals surface area contributed by atoms with Crippen LogP contribution in [0.2, 0.25) is 0 Å². The van der Waals surface area contributed by atoms with Gasteiger partial charge in [-0.25, -0.2) is 0 Å². The second-order valence-corrected chi connectivity index (χ2v) is 3.63. The molecule has 5 heteroatoms. The fourth-order valence-corrected chi connectivity index (χ4v) is 1.86. The maximum absolute atomic E-state index is 11.5. The lowest BCUT2D eigenvalue weighted by Gasteiger charge is -2.32. The Bertz CT molecular complexity index is 242. The monoisotopic (exact) mass is 215 g/mol. The number of nitrogens with zero attached hydrogens (tertiary/aromatic N) is 1. The van der Waals surface area contributed by atoms with Crippen molar-refractivity contribution in [2.45, 2.75) is 32.2 Å². The van der Waals surface area contributed by atoms with Crippen LogP contribution in [-0.4, -0.2) is 47.7 Å². The molecule has 1 aliphatic heterocycles. The summed E-state index contributed by atoms with van der Waals surface area (Å²) < 4.78 is 4.92. The molecule has 1 unspecified atom stereocenters. The minimum absolute atomic E-state index is 0.0799. The number of hydrogen-bond donors (Lipinski definition) is 1. The van der Waals surface area contributed by atoms with Gasteiger partial charge in [-0.3, -0.25) is 14.5 Å². The number of carbonyl (C=O) groups excluding carboxylic acids is 1. The highest BCUT2D eigenvalue weighted by molar-refractivity contribution is 5.77. The maximum Gasteiger partial charge on any atom is 0.323 e. The van der Waals surface area contributed by atoms with Crippen molar-refractivity contribution in [2.75, 3.05) is 19.7 Å². The molecule has 0 saturated carbocycles. The Morgan fingerprint density at radius 1 is 1.47 bits per heavy atom. The summed E-state index contributed by atoms with van der Waals surface area (Å²) in [5, 5.41) is 8.70. The molecular weight excluding hydrogens is 198 g/mol. The topological polar surface area (TPSA) is 66.8 Å². The van der Waals surface area contributed by atoms with Gasteiger partial charge in [0.2, 0.25) is 0 Å². The second kappa shape index (κ2) is 5.70. The summed E-state index contributed by atoms with van der Waals surface area (Å²) in [6, 6.07) is -0.366. The standard InChI is InChI=1S/C10H17NO4/c1-2-15-10(14)8-5-3-4-6-11(8)7-9(12)13/h8H,2-7H2,1H3,(H,12,13). The molecule has 0 amide bonds. The number of likely N-dealkylation sites (tertiary alicyclic amines) is 1. The van der Waals surface area contributed by atoms with Gasteiger partial charge in [0, 0.05) is 0 Å². The van der Waals surface area contributed by atoms with E-state index >= 15 is 0 Å². The van der Waals surface area contributed by atoms with Crippen LogP contribution >= 0.6 is 0 Å². The number of carboxylic acid groups (broad SMARTS) is 1. The van der Waals surface area contributed by atoms with E-state index < -0.39 is 5.97 Å². The normalized spacial score (nSPS) is 22.3. The van der Waals surface area contributed by atoms with Crippen molar-refractivity contribution in [1.82, 2.24) is 4.90 Å². The van der Waals surface area contributed by atoms with E-state index in [-0.39, 0.29) is 18.6 Å². The predicted molar refractivity (Wildman–Crippen MR) is 53.5 cm³/mol. The van der Waals surface area contributed by atoms with E-state index in [1.807, 2.05) is 0 Å². The van der Waals surface area contributed by atoms with Gasteiger partial charge >= 0.3 is 11.9 Å². The van der Waals surface area contributed by atoms with E-state index in [1.54, 1.807) is 11.8 Å². The maximum atomic E-state index is 11.5. The number of piperidine rings is 1. The van der Waals surface area contributed by atoms with Crippen LogP contribution in [0.3, 0.4) is 0 Å². The highest BCUT2D eigenvalue weighted by atomic mass is 16.5. The van der Waals surface area contributed by atoms with Crippen molar-refractivity contribution in [3.05, 3.63) is 0 Å². The van der Waals surface area contributed by atoms with Crippen LogP contribution in [-0.2, 0) is 14.3 Å². The zero-order valence-corrected chi connectivity index (χ0v) is 8.94. The first-order valence-corrected chi connectivity index (χ1v) is 5.27. The molecule has 0 aliphatic carbocycles. The van der Waals surface area contributed by atoms with Gasteiger partial charge in [0.05, 0.1) is 13.2 Å². The first-order chi connectivity index (χ1) is 7.15. The lowest BCUT2D eigenvalue weighted by atomic mass is 10.0. The van der Waals surface area contributed by atoms with Crippen molar-refractivity contribution >= 4 is 11.9 Å². The van der Waals surface area contributed by atoms with Gasteiger partial charge < -0.3 is 9.84 Å². The Hall–Kier alpha value is -1.10. The quantitative estimate of drug-likeness (QED) is 0.691. The van der Waals surface area contributed by atoms with Gasteiger partial charge in [-0.1, -0.05) is 6.42 Å². The van der Waals surface area contributed by atoms with Gasteiger partial charge in [-0.15, -0.1) is 0 Å². The van der Waals surface area contributed by atoms with E-state index in [0.717, 1.165) is 12.8 Å². The summed E-state index contributed by atoms with van der Waals surface area (Å²) in [7, 11) is 0. The summed E-state index contributed by atoms with van der Waals surface area (Å²) >= 11 is 0. The molecule has 1 atom stereocenters. The van der Waals surface area contributed by atoms with Crippen molar-refractivity contribution in [2.24, 2.45) is 0 Å². The third-order valence-corrected chi connectivity index (χ3v) is 2.51. The third kappa shape index (κ3) is 3.51. The Balaban J connectivity index is 2.56. The van der Waals surface area contributed by atoms with Crippen molar-refractivity contribution in [3.63, 3.8) is 0 Å². The fourth-order valence-electron chi connectivity index (χ4n) is 1.86. The number of hydrogen-bond acceptors (Lipinski definition) is 4. The number of esters is 1. The zero-order chi connectivity index (χ0) is 11.3. The Morgan fingerprint density at radius 2 is 2.20 bits per heavy atom. The molecule has 1 saturated heterocycles. The number of carboxylic acids is 1. The molecule has 0 aromatic rings. The molecular formula is C10H17NO4. The first kappa shape index (κ1) is 12.0. The van der Waals surface area contributed by atoms with Gasteiger partial charge in [-0.2, -0.15) is 0 Å². The van der Waals surface area contributed by atoms with Crippen LogP contribution < -0.4 is 0 Å². The van der Waals surface area contributed by atoms with Crippen LogP contribution in [0.15, 0.2) is 0 Å². The SMILES string of the molecule is CCOC(=O)C1CCCCN1CC(=O)O. The second-order valence-electron chi connectivity index (χ2n) is 3.63. The predicted octanol–water partition coefficient (Wildman–Crippen LogP) is 0.489. The first-order valence-electron chi connectivity index (χ1n) is 5.27. The molecule has 1 rings (SSSR count). The summed E-state index contributed by atoms with van der Waals surface area (Å²) in [5.41, 5.74) is 0. The minimum atomic E-state index is -0.897. The van der Waals surface area contributed by atoms with E-state index in [2.05, 4.69) is 0 Å². The molecule has 1 fully saturated rings. The highest BCUT2D eigenvalue weighted by Gasteiger charge is 2.30. The van der Waals surface area contributed by atoms with E-state index in [0.29, 0.717) is 19.6 Å². The Kier molecular flexibility index (Phi) is 4.55. The van der Waals surface area contributed by atoms with Crippen LogP contribution in [0, 0.1) is 0 Å². The number of aliphatic carboxylic acids is 1. The van der Waals surface area contributed by atoms with Gasteiger partial charge in [0.1, 0.15) is 6.04 Å². The number of rotatable bonds is 4. The minimum Gasteiger partial charge on any atom is -0.480 e. The Morgan fingerprint density at radius 3 is 2.80 bits per heavy atom. The van der Waals surface area contributed by atoms with E-state index in [1.165, 1.54) is 0 Å². The molecule has 15 heavy (non-hydrogen) atoms. The van der Waals surface area contributed by atoms with Crippen molar-refractivity contribution in [3.8, 4) is 0 Å². The molecule has 0 bridgehead atoms. The number of ether oxygens (including phenoxy) is 1. The lowest BCUT2D eigenvalue weighted by Crippen LogP contribution is -2.47. The summed E-state index contributed by atoms with van der Waals surface area (Å²) in [5.74, 6) is -1.19. The van der Waals surface area contributed by atoms with Gasteiger partial charge in [0.15, 0.2) is 0 Å². The number of carbonyl (C=O) groups is 2. The zero-order valence-electron chi connectivity index (χ0n) is 8.94. The van der Waals surface area contributed by atoms with Gasteiger partial charge in [0.25, 0.3) is 0 Å². The summed E-state index contributed by atoms with van der Waals surface area (Å²) in [6.45, 7) is 2.68. The molecule has 5 nitrogen and oxygen atoms in total.